The third-order valence-electron chi connectivity index (χ3n) is 2.84. The van der Waals surface area contributed by atoms with Crippen LogP contribution in [0.15, 0.2) is 12.1 Å². The standard InChI is InChI=1S/C12H15ClO3/c1-14-10-4-3-8-9(12(10)15-2)5-6-16-11(8)7-13/h3-4,11H,5-7H2,1-2H3. The predicted molar refractivity (Wildman–Crippen MR) is 62.7 cm³/mol. The lowest BCUT2D eigenvalue weighted by molar-refractivity contribution is 0.0569. The molecular formula is C12H15ClO3. The zero-order valence-corrected chi connectivity index (χ0v) is 10.2. The Hall–Kier alpha value is -0.930. The molecule has 0 saturated heterocycles. The van der Waals surface area contributed by atoms with Crippen molar-refractivity contribution in [3.8, 4) is 11.5 Å². The lowest BCUT2D eigenvalue weighted by Crippen LogP contribution is -2.18. The average Bonchev–Trinajstić information content (AvgIpc) is 2.36. The van der Waals surface area contributed by atoms with E-state index in [1.165, 1.54) is 0 Å². The molecule has 4 heteroatoms. The van der Waals surface area contributed by atoms with Crippen molar-refractivity contribution in [1.82, 2.24) is 0 Å². The summed E-state index contributed by atoms with van der Waals surface area (Å²) in [6.07, 6.45) is 0.800. The molecule has 1 atom stereocenters. The van der Waals surface area contributed by atoms with Crippen LogP contribution in [0.25, 0.3) is 0 Å². The van der Waals surface area contributed by atoms with Gasteiger partial charge in [-0.1, -0.05) is 6.07 Å². The van der Waals surface area contributed by atoms with Gasteiger partial charge in [0.15, 0.2) is 11.5 Å². The molecule has 1 heterocycles. The monoisotopic (exact) mass is 242 g/mol. The van der Waals surface area contributed by atoms with Gasteiger partial charge in [0.2, 0.25) is 0 Å². The van der Waals surface area contributed by atoms with Gasteiger partial charge in [-0.3, -0.25) is 0 Å². The van der Waals surface area contributed by atoms with E-state index in [4.69, 9.17) is 25.8 Å². The number of hydrogen-bond acceptors (Lipinski definition) is 3. The Kier molecular flexibility index (Phi) is 3.56. The molecule has 0 fully saturated rings. The molecule has 0 bridgehead atoms. The van der Waals surface area contributed by atoms with Crippen LogP contribution < -0.4 is 9.47 Å². The van der Waals surface area contributed by atoms with E-state index in [-0.39, 0.29) is 6.10 Å². The average molecular weight is 243 g/mol. The molecule has 1 aliphatic heterocycles. The molecule has 1 aromatic rings. The fourth-order valence-electron chi connectivity index (χ4n) is 2.09. The number of halogens is 1. The zero-order valence-electron chi connectivity index (χ0n) is 9.46. The predicted octanol–water partition coefficient (Wildman–Crippen LogP) is 2.56. The van der Waals surface area contributed by atoms with Gasteiger partial charge >= 0.3 is 0 Å². The van der Waals surface area contributed by atoms with E-state index in [0.717, 1.165) is 29.0 Å². The van der Waals surface area contributed by atoms with Crippen molar-refractivity contribution in [2.45, 2.75) is 12.5 Å². The molecule has 1 aliphatic rings. The maximum Gasteiger partial charge on any atom is 0.164 e. The van der Waals surface area contributed by atoms with Gasteiger partial charge < -0.3 is 14.2 Å². The van der Waals surface area contributed by atoms with Crippen molar-refractivity contribution in [1.29, 1.82) is 0 Å². The summed E-state index contributed by atoms with van der Waals surface area (Å²) in [7, 11) is 3.30. The molecule has 0 aromatic heterocycles. The summed E-state index contributed by atoms with van der Waals surface area (Å²) in [6.45, 7) is 0.675. The van der Waals surface area contributed by atoms with Crippen LogP contribution in [0.2, 0.25) is 0 Å². The molecule has 2 rings (SSSR count). The Morgan fingerprint density at radius 3 is 2.81 bits per heavy atom. The number of benzene rings is 1. The number of rotatable bonds is 3. The van der Waals surface area contributed by atoms with Crippen molar-refractivity contribution >= 4 is 11.6 Å². The number of ether oxygens (including phenoxy) is 3. The molecule has 1 aromatic carbocycles. The summed E-state index contributed by atoms with van der Waals surface area (Å²) in [4.78, 5) is 0. The van der Waals surface area contributed by atoms with Crippen LogP contribution in [-0.2, 0) is 11.2 Å². The second kappa shape index (κ2) is 4.93. The summed E-state index contributed by atoms with van der Waals surface area (Å²) in [5.41, 5.74) is 2.26. The molecule has 0 spiro atoms. The van der Waals surface area contributed by atoms with Crippen molar-refractivity contribution in [3.05, 3.63) is 23.3 Å². The molecular weight excluding hydrogens is 228 g/mol. The fourth-order valence-corrected chi connectivity index (χ4v) is 2.34. The number of hydrogen-bond donors (Lipinski definition) is 0. The zero-order chi connectivity index (χ0) is 11.5. The first-order valence-electron chi connectivity index (χ1n) is 5.23. The first-order valence-corrected chi connectivity index (χ1v) is 5.76. The third kappa shape index (κ3) is 1.85. The van der Waals surface area contributed by atoms with E-state index < -0.39 is 0 Å². The Morgan fingerprint density at radius 1 is 1.38 bits per heavy atom. The van der Waals surface area contributed by atoms with E-state index in [1.807, 2.05) is 12.1 Å². The van der Waals surface area contributed by atoms with Crippen molar-refractivity contribution in [2.24, 2.45) is 0 Å². The summed E-state index contributed by atoms with van der Waals surface area (Å²) < 4.78 is 16.3. The van der Waals surface area contributed by atoms with E-state index >= 15 is 0 Å². The lowest BCUT2D eigenvalue weighted by atomic mass is 9.97. The minimum Gasteiger partial charge on any atom is -0.493 e. The Balaban J connectivity index is 2.50. The third-order valence-corrected chi connectivity index (χ3v) is 3.12. The van der Waals surface area contributed by atoms with Crippen molar-refractivity contribution in [3.63, 3.8) is 0 Å². The SMILES string of the molecule is COc1ccc2c(c1OC)CCOC2CCl. The van der Waals surface area contributed by atoms with Crippen LogP contribution in [0.1, 0.15) is 17.2 Å². The molecule has 0 saturated carbocycles. The quantitative estimate of drug-likeness (QED) is 0.763. The van der Waals surface area contributed by atoms with Crippen LogP contribution in [0.3, 0.4) is 0 Å². The van der Waals surface area contributed by atoms with Gasteiger partial charge in [-0.05, 0) is 18.1 Å². The van der Waals surface area contributed by atoms with Gasteiger partial charge in [-0.25, -0.2) is 0 Å². The minimum atomic E-state index is -0.0368. The second-order valence-corrected chi connectivity index (χ2v) is 3.94. The van der Waals surface area contributed by atoms with Crippen LogP contribution in [0.4, 0.5) is 0 Å². The highest BCUT2D eigenvalue weighted by Crippen LogP contribution is 2.39. The summed E-state index contributed by atoms with van der Waals surface area (Å²) in [6, 6.07) is 3.90. The Labute approximate surface area is 100 Å². The highest BCUT2D eigenvalue weighted by atomic mass is 35.5. The fraction of sp³-hybridized carbons (Fsp3) is 0.500. The van der Waals surface area contributed by atoms with Crippen LogP contribution in [-0.4, -0.2) is 26.7 Å². The van der Waals surface area contributed by atoms with Gasteiger partial charge in [0.1, 0.15) is 0 Å². The van der Waals surface area contributed by atoms with Crippen LogP contribution in [0, 0.1) is 0 Å². The van der Waals surface area contributed by atoms with E-state index in [0.29, 0.717) is 12.5 Å². The normalized spacial score (nSPS) is 19.1. The Bertz CT molecular complexity index is 379. The largest absolute Gasteiger partial charge is 0.493 e. The first-order chi connectivity index (χ1) is 7.81. The van der Waals surface area contributed by atoms with E-state index in [2.05, 4.69) is 0 Å². The summed E-state index contributed by atoms with van der Waals surface area (Å²) >= 11 is 5.88. The highest BCUT2D eigenvalue weighted by molar-refractivity contribution is 6.18. The van der Waals surface area contributed by atoms with Gasteiger partial charge in [0.25, 0.3) is 0 Å². The van der Waals surface area contributed by atoms with Gasteiger partial charge in [-0.2, -0.15) is 0 Å². The van der Waals surface area contributed by atoms with Gasteiger partial charge in [0, 0.05) is 5.56 Å². The maximum absolute atomic E-state index is 5.88. The van der Waals surface area contributed by atoms with E-state index in [9.17, 15) is 0 Å². The van der Waals surface area contributed by atoms with Crippen LogP contribution in [0.5, 0.6) is 11.5 Å². The van der Waals surface area contributed by atoms with E-state index in [1.54, 1.807) is 14.2 Å². The molecule has 16 heavy (non-hydrogen) atoms. The molecule has 0 amide bonds. The Morgan fingerprint density at radius 2 is 2.19 bits per heavy atom. The molecule has 88 valence electrons. The summed E-state index contributed by atoms with van der Waals surface area (Å²) in [5.74, 6) is 2.03. The van der Waals surface area contributed by atoms with Gasteiger partial charge in [-0.15, -0.1) is 11.6 Å². The van der Waals surface area contributed by atoms with Gasteiger partial charge in [0.05, 0.1) is 32.8 Å². The molecule has 0 radical (unpaired) electrons. The first kappa shape index (κ1) is 11.6. The maximum atomic E-state index is 5.88. The molecule has 0 aliphatic carbocycles. The highest BCUT2D eigenvalue weighted by Gasteiger charge is 2.24. The number of fused-ring (bicyclic) bond motifs is 1. The molecule has 0 N–H and O–H groups in total. The van der Waals surface area contributed by atoms with Crippen molar-refractivity contribution < 1.29 is 14.2 Å². The van der Waals surface area contributed by atoms with Crippen LogP contribution >= 0.6 is 11.6 Å². The number of alkyl halides is 1. The topological polar surface area (TPSA) is 27.7 Å². The van der Waals surface area contributed by atoms with Crippen molar-refractivity contribution in [2.75, 3.05) is 26.7 Å². The smallest absolute Gasteiger partial charge is 0.164 e. The number of methoxy groups -OCH3 is 2. The second-order valence-electron chi connectivity index (χ2n) is 3.63. The molecule has 1 unspecified atom stereocenters. The molecule has 3 nitrogen and oxygen atoms in total. The summed E-state index contributed by atoms with van der Waals surface area (Å²) in [5, 5.41) is 0. The lowest BCUT2D eigenvalue weighted by Gasteiger charge is -2.26. The minimum absolute atomic E-state index is 0.0368.